The van der Waals surface area contributed by atoms with Gasteiger partial charge in [-0.15, -0.1) is 0 Å². The van der Waals surface area contributed by atoms with Crippen LogP contribution in [0, 0.1) is 12.0 Å². The van der Waals surface area contributed by atoms with E-state index in [2.05, 4.69) is 33.8 Å². The highest BCUT2D eigenvalue weighted by Crippen LogP contribution is 1.96. The second kappa shape index (κ2) is 2.84. The first-order valence-corrected chi connectivity index (χ1v) is 2.69. The van der Waals surface area contributed by atoms with Gasteiger partial charge in [-0.25, -0.2) is 0 Å². The average Bonchev–Trinajstić information content (AvgIpc) is 1.27. The van der Waals surface area contributed by atoms with E-state index in [-0.39, 0.29) is 0 Å². The summed E-state index contributed by atoms with van der Waals surface area (Å²) in [5.41, 5.74) is 1.29. The standard InChI is InChI=1S/C7H13/c1-6(2)5-7(3)4/h6H,1-4H3. The zero-order valence-corrected chi connectivity index (χ0v) is 5.58. The molecule has 0 nitrogen and oxygen atoms in total. The molecule has 1 radical (unpaired) electrons. The molecule has 0 spiro atoms. The minimum Gasteiger partial charge on any atom is -0.0727 e. The molecular formula is C7H13. The fraction of sp³-hybridized carbons (Fsp3) is 0.714. The van der Waals surface area contributed by atoms with Crippen LogP contribution in [0.2, 0.25) is 0 Å². The number of allylic oxidation sites excluding steroid dienone is 2. The molecule has 0 aliphatic heterocycles. The van der Waals surface area contributed by atoms with Crippen LogP contribution in [0.3, 0.4) is 0 Å². The molecule has 0 amide bonds. The Labute approximate surface area is 46.2 Å². The average molecular weight is 97.2 g/mol. The van der Waals surface area contributed by atoms with Crippen molar-refractivity contribution >= 4 is 0 Å². The molecule has 0 unspecified atom stereocenters. The lowest BCUT2D eigenvalue weighted by molar-refractivity contribution is 0.794. The van der Waals surface area contributed by atoms with Crippen molar-refractivity contribution in [3.8, 4) is 0 Å². The SMILES string of the molecule is CC(C)=[C]C(C)C. The predicted molar refractivity (Wildman–Crippen MR) is 32.9 cm³/mol. The highest BCUT2D eigenvalue weighted by atomic mass is 13.9. The fourth-order valence-electron chi connectivity index (χ4n) is 0.577. The Morgan fingerprint density at radius 3 is 1.71 bits per heavy atom. The van der Waals surface area contributed by atoms with E-state index >= 15 is 0 Å². The summed E-state index contributed by atoms with van der Waals surface area (Å²) in [6.45, 7) is 8.40. The van der Waals surface area contributed by atoms with Crippen LogP contribution in [0.5, 0.6) is 0 Å². The maximum atomic E-state index is 3.22. The molecule has 0 aliphatic rings. The van der Waals surface area contributed by atoms with E-state index in [9.17, 15) is 0 Å². The van der Waals surface area contributed by atoms with Gasteiger partial charge in [0.05, 0.1) is 0 Å². The van der Waals surface area contributed by atoms with E-state index in [4.69, 9.17) is 0 Å². The number of hydrogen-bond donors (Lipinski definition) is 0. The molecule has 0 atom stereocenters. The lowest BCUT2D eigenvalue weighted by Gasteiger charge is -1.91. The van der Waals surface area contributed by atoms with Gasteiger partial charge in [-0.2, -0.15) is 0 Å². The van der Waals surface area contributed by atoms with Crippen LogP contribution in [0.25, 0.3) is 0 Å². The van der Waals surface area contributed by atoms with Crippen molar-refractivity contribution in [2.45, 2.75) is 27.7 Å². The van der Waals surface area contributed by atoms with Gasteiger partial charge in [-0.05, 0) is 25.8 Å². The first-order valence-electron chi connectivity index (χ1n) is 2.69. The van der Waals surface area contributed by atoms with Crippen molar-refractivity contribution in [1.29, 1.82) is 0 Å². The zero-order valence-electron chi connectivity index (χ0n) is 5.58. The topological polar surface area (TPSA) is 0 Å². The third kappa shape index (κ3) is 5.74. The Morgan fingerprint density at radius 1 is 1.29 bits per heavy atom. The molecule has 0 N–H and O–H groups in total. The molecule has 0 rings (SSSR count). The van der Waals surface area contributed by atoms with E-state index in [0.717, 1.165) is 0 Å². The highest BCUT2D eigenvalue weighted by Gasteiger charge is 1.83. The van der Waals surface area contributed by atoms with Crippen LogP contribution in [-0.2, 0) is 0 Å². The van der Waals surface area contributed by atoms with Crippen molar-refractivity contribution in [2.24, 2.45) is 5.92 Å². The first-order chi connectivity index (χ1) is 3.13. The van der Waals surface area contributed by atoms with Gasteiger partial charge in [-0.3, -0.25) is 0 Å². The maximum Gasteiger partial charge on any atom is -0.0217 e. The Bertz CT molecular complexity index is 64.1. The molecule has 41 valence electrons. The van der Waals surface area contributed by atoms with Gasteiger partial charge in [0.25, 0.3) is 0 Å². The van der Waals surface area contributed by atoms with Crippen LogP contribution in [0.1, 0.15) is 27.7 Å². The quantitative estimate of drug-likeness (QED) is 0.471. The normalized spacial score (nSPS) is 9.29. The molecule has 0 aliphatic carbocycles. The fourth-order valence-corrected chi connectivity index (χ4v) is 0.577. The minimum absolute atomic E-state index is 0.588. The van der Waals surface area contributed by atoms with Crippen molar-refractivity contribution in [1.82, 2.24) is 0 Å². The Morgan fingerprint density at radius 2 is 1.71 bits per heavy atom. The van der Waals surface area contributed by atoms with Crippen molar-refractivity contribution in [2.75, 3.05) is 0 Å². The molecular weight excluding hydrogens is 84.1 g/mol. The molecule has 0 saturated heterocycles. The van der Waals surface area contributed by atoms with Crippen molar-refractivity contribution in [3.05, 3.63) is 11.6 Å². The molecule has 0 aromatic carbocycles. The van der Waals surface area contributed by atoms with Gasteiger partial charge in [-0.1, -0.05) is 19.4 Å². The summed E-state index contributed by atoms with van der Waals surface area (Å²) < 4.78 is 0. The summed E-state index contributed by atoms with van der Waals surface area (Å²) in [7, 11) is 0. The van der Waals surface area contributed by atoms with Crippen molar-refractivity contribution in [3.63, 3.8) is 0 Å². The molecule has 0 aromatic heterocycles. The molecule has 0 fully saturated rings. The van der Waals surface area contributed by atoms with E-state index < -0.39 is 0 Å². The van der Waals surface area contributed by atoms with Gasteiger partial charge < -0.3 is 0 Å². The lowest BCUT2D eigenvalue weighted by atomic mass is 10.1. The van der Waals surface area contributed by atoms with E-state index in [0.29, 0.717) is 5.92 Å². The molecule has 0 heteroatoms. The summed E-state index contributed by atoms with van der Waals surface area (Å²) in [5.74, 6) is 0.588. The lowest BCUT2D eigenvalue weighted by Crippen LogP contribution is -1.79. The summed E-state index contributed by atoms with van der Waals surface area (Å²) in [5, 5.41) is 0. The van der Waals surface area contributed by atoms with E-state index in [1.807, 2.05) is 0 Å². The van der Waals surface area contributed by atoms with E-state index in [1.165, 1.54) is 5.57 Å². The molecule has 7 heavy (non-hydrogen) atoms. The second-order valence-corrected chi connectivity index (χ2v) is 2.30. The molecule has 0 bridgehead atoms. The van der Waals surface area contributed by atoms with Gasteiger partial charge in [0.15, 0.2) is 0 Å². The van der Waals surface area contributed by atoms with Crippen LogP contribution in [0.4, 0.5) is 0 Å². The molecule has 0 saturated carbocycles. The predicted octanol–water partition coefficient (Wildman–Crippen LogP) is 2.41. The smallest absolute Gasteiger partial charge is 0.0217 e. The van der Waals surface area contributed by atoms with Gasteiger partial charge in [0, 0.05) is 0 Å². The summed E-state index contributed by atoms with van der Waals surface area (Å²) in [6.07, 6.45) is 3.22. The molecule has 0 aromatic rings. The zero-order chi connectivity index (χ0) is 5.86. The maximum absolute atomic E-state index is 3.22. The number of hydrogen-bond acceptors (Lipinski definition) is 0. The monoisotopic (exact) mass is 97.1 g/mol. The first kappa shape index (κ1) is 6.74. The van der Waals surface area contributed by atoms with Crippen molar-refractivity contribution < 1.29 is 0 Å². The van der Waals surface area contributed by atoms with Crippen LogP contribution >= 0.6 is 0 Å². The van der Waals surface area contributed by atoms with Gasteiger partial charge in [0.2, 0.25) is 0 Å². The van der Waals surface area contributed by atoms with Crippen LogP contribution < -0.4 is 0 Å². The molecule has 0 heterocycles. The minimum atomic E-state index is 0.588. The second-order valence-electron chi connectivity index (χ2n) is 2.30. The van der Waals surface area contributed by atoms with Crippen LogP contribution in [0.15, 0.2) is 5.57 Å². The number of rotatable bonds is 1. The third-order valence-corrected chi connectivity index (χ3v) is 0.577. The Balaban J connectivity index is 3.45. The Kier molecular flexibility index (Phi) is 2.73. The third-order valence-electron chi connectivity index (χ3n) is 0.577. The Hall–Kier alpha value is -0.260. The van der Waals surface area contributed by atoms with Gasteiger partial charge in [0.1, 0.15) is 0 Å². The largest absolute Gasteiger partial charge is 0.0727 e. The van der Waals surface area contributed by atoms with Gasteiger partial charge >= 0.3 is 0 Å². The van der Waals surface area contributed by atoms with E-state index in [1.54, 1.807) is 0 Å². The van der Waals surface area contributed by atoms with Crippen LogP contribution in [-0.4, -0.2) is 0 Å². The summed E-state index contributed by atoms with van der Waals surface area (Å²) >= 11 is 0. The summed E-state index contributed by atoms with van der Waals surface area (Å²) in [6, 6.07) is 0. The highest BCUT2D eigenvalue weighted by molar-refractivity contribution is 4.87. The summed E-state index contributed by atoms with van der Waals surface area (Å²) in [4.78, 5) is 0.